The molecule has 28 heavy (non-hydrogen) atoms. The fourth-order valence-electron chi connectivity index (χ4n) is 4.13. The van der Waals surface area contributed by atoms with Crippen molar-refractivity contribution in [3.8, 4) is 0 Å². The summed E-state index contributed by atoms with van der Waals surface area (Å²) in [7, 11) is -2.15. The number of fused-ring (bicyclic) bond motifs is 2. The molecule has 0 radical (unpaired) electrons. The lowest BCUT2D eigenvalue weighted by Gasteiger charge is -2.23. The first-order valence-electron chi connectivity index (χ1n) is 9.89. The first kappa shape index (κ1) is 20.6. The van der Waals surface area contributed by atoms with Crippen molar-refractivity contribution in [2.24, 2.45) is 0 Å². The summed E-state index contributed by atoms with van der Waals surface area (Å²) in [5.74, 6) is -0.341. The van der Waals surface area contributed by atoms with Gasteiger partial charge in [0.15, 0.2) is 0 Å². The van der Waals surface area contributed by atoms with Crippen LogP contribution in [0.1, 0.15) is 55.4 Å². The number of nitrogens with one attached hydrogen (secondary N) is 2. The minimum atomic E-state index is -3.78. The van der Waals surface area contributed by atoms with Gasteiger partial charge in [0.25, 0.3) is 0 Å². The lowest BCUT2D eigenvalue weighted by molar-refractivity contribution is -0.129. The summed E-state index contributed by atoms with van der Waals surface area (Å²) in [5, 5.41) is 2.83. The zero-order chi connectivity index (χ0) is 20.5. The minimum Gasteiger partial charge on any atom is -0.343 e. The van der Waals surface area contributed by atoms with Crippen LogP contribution >= 0.6 is 0 Å². The normalized spacial score (nSPS) is 16.2. The van der Waals surface area contributed by atoms with Gasteiger partial charge in [-0.2, -0.15) is 0 Å². The molecule has 154 valence electrons. The van der Waals surface area contributed by atoms with Crippen LogP contribution in [-0.4, -0.2) is 44.1 Å². The molecule has 0 aromatic heterocycles. The molecule has 0 bridgehead atoms. The molecule has 0 heterocycles. The van der Waals surface area contributed by atoms with Gasteiger partial charge in [-0.15, -0.1) is 0 Å². The van der Waals surface area contributed by atoms with Crippen LogP contribution in [0.4, 0.5) is 10.5 Å². The molecular weight excluding hydrogens is 378 g/mol. The van der Waals surface area contributed by atoms with E-state index in [0.29, 0.717) is 0 Å². The third-order valence-corrected chi connectivity index (χ3v) is 7.19. The fourth-order valence-corrected chi connectivity index (χ4v) is 5.22. The van der Waals surface area contributed by atoms with Gasteiger partial charge in [-0.25, -0.2) is 17.9 Å². The van der Waals surface area contributed by atoms with Crippen molar-refractivity contribution in [1.29, 1.82) is 0 Å². The molecule has 0 saturated carbocycles. The molecular formula is C20H29N3O4S. The second kappa shape index (κ2) is 8.11. The van der Waals surface area contributed by atoms with E-state index in [4.69, 9.17) is 0 Å². The molecule has 1 aromatic rings. The lowest BCUT2D eigenvalue weighted by atomic mass is 9.99. The molecule has 2 N–H and O–H groups in total. The number of amides is 3. The number of rotatable bonds is 6. The quantitative estimate of drug-likeness (QED) is 0.757. The van der Waals surface area contributed by atoms with E-state index in [2.05, 4.69) is 16.1 Å². The second-order valence-corrected chi connectivity index (χ2v) is 9.72. The van der Waals surface area contributed by atoms with E-state index in [9.17, 15) is 18.0 Å². The Morgan fingerprint density at radius 3 is 2.21 bits per heavy atom. The summed E-state index contributed by atoms with van der Waals surface area (Å²) in [6, 6.07) is 1.33. The SMILES string of the molecule is CC(=O)N(C)C(C)CCS(=O)(=O)NC(=O)Nc1c2c(cc3c1CCC3)CCC2. The Hall–Kier alpha value is -2.09. The van der Waals surface area contributed by atoms with E-state index in [1.807, 2.05) is 0 Å². The number of benzene rings is 1. The molecule has 1 atom stereocenters. The molecule has 3 rings (SSSR count). The first-order valence-corrected chi connectivity index (χ1v) is 11.5. The van der Waals surface area contributed by atoms with Crippen molar-refractivity contribution < 1.29 is 18.0 Å². The number of nitrogens with zero attached hydrogens (tertiary/aromatic N) is 1. The van der Waals surface area contributed by atoms with Crippen molar-refractivity contribution in [1.82, 2.24) is 9.62 Å². The Bertz CT molecular complexity index is 863. The van der Waals surface area contributed by atoms with Gasteiger partial charge in [0, 0.05) is 25.7 Å². The van der Waals surface area contributed by atoms with Crippen molar-refractivity contribution in [2.45, 2.75) is 64.8 Å². The molecule has 1 unspecified atom stereocenters. The number of hydrogen-bond acceptors (Lipinski definition) is 4. The molecule has 0 saturated heterocycles. The van der Waals surface area contributed by atoms with Crippen LogP contribution in [-0.2, 0) is 40.5 Å². The van der Waals surface area contributed by atoms with Crippen molar-refractivity contribution in [3.05, 3.63) is 28.3 Å². The number of hydrogen-bond donors (Lipinski definition) is 2. The van der Waals surface area contributed by atoms with Crippen molar-refractivity contribution in [3.63, 3.8) is 0 Å². The zero-order valence-corrected chi connectivity index (χ0v) is 17.6. The largest absolute Gasteiger partial charge is 0.343 e. The number of anilines is 1. The fraction of sp³-hybridized carbons (Fsp3) is 0.600. The van der Waals surface area contributed by atoms with Gasteiger partial charge < -0.3 is 10.2 Å². The average Bonchev–Trinajstić information content (AvgIpc) is 3.27. The van der Waals surface area contributed by atoms with E-state index in [-0.39, 0.29) is 24.1 Å². The standard InChI is InChI=1S/C20H29N3O4S/c1-13(23(3)14(2)24)10-11-28(26,27)22-20(25)21-19-17-8-4-6-15(17)12-16-7-5-9-18(16)19/h12-13H,4-11H2,1-3H3,(H2,21,22,25). The highest BCUT2D eigenvalue weighted by Gasteiger charge is 2.26. The van der Waals surface area contributed by atoms with Gasteiger partial charge in [-0.1, -0.05) is 6.07 Å². The Labute approximate surface area is 166 Å². The van der Waals surface area contributed by atoms with Gasteiger partial charge in [0.05, 0.1) is 5.75 Å². The first-order chi connectivity index (χ1) is 13.2. The predicted molar refractivity (Wildman–Crippen MR) is 109 cm³/mol. The predicted octanol–water partition coefficient (Wildman–Crippen LogP) is 2.37. The van der Waals surface area contributed by atoms with E-state index in [1.165, 1.54) is 23.0 Å². The maximum atomic E-state index is 12.4. The van der Waals surface area contributed by atoms with Gasteiger partial charge in [0.2, 0.25) is 15.9 Å². The third-order valence-electron chi connectivity index (χ3n) is 5.92. The molecule has 0 fully saturated rings. The summed E-state index contributed by atoms with van der Waals surface area (Å²) < 4.78 is 26.8. The van der Waals surface area contributed by atoms with E-state index in [0.717, 1.165) is 55.3 Å². The molecule has 2 aliphatic rings. The molecule has 3 amide bonds. The van der Waals surface area contributed by atoms with Crippen LogP contribution < -0.4 is 10.0 Å². The van der Waals surface area contributed by atoms with Gasteiger partial charge in [0.1, 0.15) is 0 Å². The molecule has 0 aliphatic heterocycles. The summed E-state index contributed by atoms with van der Waals surface area (Å²) in [4.78, 5) is 25.3. The number of sulfonamides is 1. The van der Waals surface area contributed by atoms with E-state index >= 15 is 0 Å². The van der Waals surface area contributed by atoms with Crippen LogP contribution in [0.2, 0.25) is 0 Å². The van der Waals surface area contributed by atoms with Crippen LogP contribution in [0.25, 0.3) is 0 Å². The Balaban J connectivity index is 1.66. The van der Waals surface area contributed by atoms with Crippen molar-refractivity contribution >= 4 is 27.6 Å². The Kier molecular flexibility index (Phi) is 5.98. The van der Waals surface area contributed by atoms with Crippen LogP contribution in [0.5, 0.6) is 0 Å². The Morgan fingerprint density at radius 1 is 1.11 bits per heavy atom. The van der Waals surface area contributed by atoms with Crippen LogP contribution in [0.3, 0.4) is 0 Å². The van der Waals surface area contributed by atoms with E-state index in [1.54, 1.807) is 14.0 Å². The molecule has 1 aromatic carbocycles. The smallest absolute Gasteiger partial charge is 0.332 e. The summed E-state index contributed by atoms with van der Waals surface area (Å²) >= 11 is 0. The summed E-state index contributed by atoms with van der Waals surface area (Å²) in [6.45, 7) is 3.22. The van der Waals surface area contributed by atoms with E-state index < -0.39 is 16.1 Å². The highest BCUT2D eigenvalue weighted by atomic mass is 32.2. The topological polar surface area (TPSA) is 95.6 Å². The monoisotopic (exact) mass is 407 g/mol. The molecule has 2 aliphatic carbocycles. The van der Waals surface area contributed by atoms with Crippen LogP contribution in [0.15, 0.2) is 6.07 Å². The highest BCUT2D eigenvalue weighted by Crippen LogP contribution is 2.38. The number of carbonyl (C=O) groups is 2. The number of aryl methyl sites for hydroxylation is 2. The average molecular weight is 408 g/mol. The maximum absolute atomic E-state index is 12.4. The Morgan fingerprint density at radius 2 is 1.68 bits per heavy atom. The molecule has 0 spiro atoms. The molecule has 7 nitrogen and oxygen atoms in total. The number of urea groups is 1. The molecule has 8 heteroatoms. The lowest BCUT2D eigenvalue weighted by Crippen LogP contribution is -2.39. The van der Waals surface area contributed by atoms with Gasteiger partial charge in [-0.3, -0.25) is 4.79 Å². The van der Waals surface area contributed by atoms with Crippen LogP contribution in [0, 0.1) is 0 Å². The number of carbonyl (C=O) groups excluding carboxylic acids is 2. The highest BCUT2D eigenvalue weighted by molar-refractivity contribution is 7.90. The zero-order valence-electron chi connectivity index (χ0n) is 16.8. The van der Waals surface area contributed by atoms with Gasteiger partial charge in [-0.05, 0) is 74.1 Å². The third kappa shape index (κ3) is 4.48. The van der Waals surface area contributed by atoms with Gasteiger partial charge >= 0.3 is 6.03 Å². The second-order valence-electron chi connectivity index (χ2n) is 7.88. The minimum absolute atomic E-state index is 0.123. The maximum Gasteiger partial charge on any atom is 0.332 e. The summed E-state index contributed by atoms with van der Waals surface area (Å²) in [5.41, 5.74) is 5.69. The van der Waals surface area contributed by atoms with Crippen molar-refractivity contribution in [2.75, 3.05) is 18.1 Å². The summed E-state index contributed by atoms with van der Waals surface area (Å²) in [6.07, 6.45) is 6.24.